The molecule has 1 aliphatic rings. The number of halogens is 2. The van der Waals surface area contributed by atoms with Crippen molar-refractivity contribution in [2.45, 2.75) is 18.9 Å². The van der Waals surface area contributed by atoms with Crippen LogP contribution in [0.5, 0.6) is 0 Å². The van der Waals surface area contributed by atoms with Gasteiger partial charge in [0.1, 0.15) is 0 Å². The van der Waals surface area contributed by atoms with E-state index in [0.29, 0.717) is 10.8 Å². The SMILES string of the molecule is Fc1cc(Cl)cnc1N1CCCC1c1ccccc1. The number of anilines is 1. The van der Waals surface area contributed by atoms with Crippen molar-refractivity contribution in [2.75, 3.05) is 11.4 Å². The fraction of sp³-hybridized carbons (Fsp3) is 0.267. The zero-order valence-corrected chi connectivity index (χ0v) is 11.1. The summed E-state index contributed by atoms with van der Waals surface area (Å²) in [6, 6.07) is 11.7. The van der Waals surface area contributed by atoms with Crippen LogP contribution in [0.25, 0.3) is 0 Å². The molecule has 0 saturated carbocycles. The number of rotatable bonds is 2. The number of hydrogen-bond donors (Lipinski definition) is 0. The van der Waals surface area contributed by atoms with Gasteiger partial charge in [-0.15, -0.1) is 0 Å². The third kappa shape index (κ3) is 2.43. The summed E-state index contributed by atoms with van der Waals surface area (Å²) in [5, 5.41) is 0.330. The quantitative estimate of drug-likeness (QED) is 0.817. The van der Waals surface area contributed by atoms with E-state index >= 15 is 0 Å². The third-order valence-electron chi connectivity index (χ3n) is 3.50. The molecule has 0 spiro atoms. The highest BCUT2D eigenvalue weighted by Crippen LogP contribution is 2.36. The molecule has 0 aliphatic carbocycles. The van der Waals surface area contributed by atoms with Crippen LogP contribution in [0.4, 0.5) is 10.2 Å². The Bertz CT molecular complexity index is 574. The van der Waals surface area contributed by atoms with Gasteiger partial charge in [-0.05, 0) is 24.5 Å². The molecule has 2 nitrogen and oxygen atoms in total. The summed E-state index contributed by atoms with van der Waals surface area (Å²) in [4.78, 5) is 6.18. The Kier molecular flexibility index (Phi) is 3.38. The van der Waals surface area contributed by atoms with E-state index in [2.05, 4.69) is 17.1 Å². The molecule has 1 atom stereocenters. The van der Waals surface area contributed by atoms with Crippen molar-refractivity contribution >= 4 is 17.4 Å². The minimum atomic E-state index is -0.352. The molecule has 0 N–H and O–H groups in total. The van der Waals surface area contributed by atoms with E-state index < -0.39 is 0 Å². The van der Waals surface area contributed by atoms with Crippen LogP contribution in [0.3, 0.4) is 0 Å². The van der Waals surface area contributed by atoms with E-state index in [1.54, 1.807) is 0 Å². The molecule has 1 aromatic carbocycles. The van der Waals surface area contributed by atoms with Crippen LogP contribution in [0.1, 0.15) is 24.4 Å². The van der Waals surface area contributed by atoms with Crippen molar-refractivity contribution in [2.24, 2.45) is 0 Å². The van der Waals surface area contributed by atoms with Crippen molar-refractivity contribution < 1.29 is 4.39 Å². The van der Waals surface area contributed by atoms with Gasteiger partial charge < -0.3 is 4.90 Å². The molecular weight excluding hydrogens is 263 g/mol. The smallest absolute Gasteiger partial charge is 0.167 e. The average molecular weight is 277 g/mol. The molecule has 3 rings (SSSR count). The van der Waals surface area contributed by atoms with Gasteiger partial charge in [-0.2, -0.15) is 0 Å². The van der Waals surface area contributed by atoms with Crippen molar-refractivity contribution in [3.05, 3.63) is 59.0 Å². The van der Waals surface area contributed by atoms with Crippen LogP contribution in [-0.4, -0.2) is 11.5 Å². The van der Waals surface area contributed by atoms with E-state index in [1.807, 2.05) is 23.1 Å². The standard InChI is InChI=1S/C15H14ClFN2/c16-12-9-13(17)15(18-10-12)19-8-4-7-14(19)11-5-2-1-3-6-11/h1-3,5-6,9-10,14H,4,7-8H2. The van der Waals surface area contributed by atoms with E-state index in [4.69, 9.17) is 11.6 Å². The lowest BCUT2D eigenvalue weighted by Crippen LogP contribution is -2.24. The van der Waals surface area contributed by atoms with E-state index in [9.17, 15) is 4.39 Å². The maximum atomic E-state index is 14.0. The Hall–Kier alpha value is -1.61. The number of aromatic nitrogens is 1. The Balaban J connectivity index is 1.95. The molecular formula is C15H14ClFN2. The average Bonchev–Trinajstić information content (AvgIpc) is 2.89. The van der Waals surface area contributed by atoms with E-state index in [1.165, 1.54) is 17.8 Å². The minimum Gasteiger partial charge on any atom is -0.347 e. The molecule has 1 saturated heterocycles. The summed E-state index contributed by atoms with van der Waals surface area (Å²) in [6.45, 7) is 0.825. The monoisotopic (exact) mass is 276 g/mol. The van der Waals surface area contributed by atoms with E-state index in [0.717, 1.165) is 19.4 Å². The summed E-state index contributed by atoms with van der Waals surface area (Å²) in [7, 11) is 0. The lowest BCUT2D eigenvalue weighted by atomic mass is 10.0. The number of pyridine rings is 1. The fourth-order valence-corrected chi connectivity index (χ4v) is 2.81. The zero-order chi connectivity index (χ0) is 13.2. The second kappa shape index (κ2) is 5.17. The summed E-state index contributed by atoms with van der Waals surface area (Å²) in [5.41, 5.74) is 1.20. The Morgan fingerprint density at radius 3 is 2.79 bits per heavy atom. The van der Waals surface area contributed by atoms with E-state index in [-0.39, 0.29) is 11.9 Å². The van der Waals surface area contributed by atoms with Gasteiger partial charge >= 0.3 is 0 Å². The molecule has 2 heterocycles. The van der Waals surface area contributed by atoms with Gasteiger partial charge in [-0.1, -0.05) is 41.9 Å². The molecule has 2 aromatic rings. The summed E-state index contributed by atoms with van der Waals surface area (Å²) in [5.74, 6) is 0.0473. The molecule has 0 amide bonds. The topological polar surface area (TPSA) is 16.1 Å². The minimum absolute atomic E-state index is 0.198. The lowest BCUT2D eigenvalue weighted by Gasteiger charge is -2.26. The summed E-state index contributed by atoms with van der Waals surface area (Å²) < 4.78 is 14.0. The summed E-state index contributed by atoms with van der Waals surface area (Å²) in [6.07, 6.45) is 3.57. The van der Waals surface area contributed by atoms with Gasteiger partial charge in [-0.3, -0.25) is 0 Å². The molecule has 1 fully saturated rings. The molecule has 19 heavy (non-hydrogen) atoms. The largest absolute Gasteiger partial charge is 0.347 e. The predicted molar refractivity (Wildman–Crippen MR) is 75.0 cm³/mol. The van der Waals surface area contributed by atoms with Crippen molar-refractivity contribution in [1.82, 2.24) is 4.98 Å². The first-order chi connectivity index (χ1) is 9.25. The predicted octanol–water partition coefficient (Wildman–Crippen LogP) is 4.22. The van der Waals surface area contributed by atoms with Gasteiger partial charge in [0, 0.05) is 12.7 Å². The van der Waals surface area contributed by atoms with Gasteiger partial charge in [-0.25, -0.2) is 9.37 Å². The van der Waals surface area contributed by atoms with Crippen LogP contribution >= 0.6 is 11.6 Å². The van der Waals surface area contributed by atoms with Crippen molar-refractivity contribution in [1.29, 1.82) is 0 Å². The highest BCUT2D eigenvalue weighted by Gasteiger charge is 2.28. The zero-order valence-electron chi connectivity index (χ0n) is 10.4. The fourth-order valence-electron chi connectivity index (χ4n) is 2.66. The highest BCUT2D eigenvalue weighted by atomic mass is 35.5. The maximum Gasteiger partial charge on any atom is 0.167 e. The number of hydrogen-bond acceptors (Lipinski definition) is 2. The van der Waals surface area contributed by atoms with Crippen LogP contribution in [0.15, 0.2) is 42.6 Å². The van der Waals surface area contributed by atoms with Crippen molar-refractivity contribution in [3.8, 4) is 0 Å². The van der Waals surface area contributed by atoms with Crippen LogP contribution < -0.4 is 4.90 Å². The number of benzene rings is 1. The lowest BCUT2D eigenvalue weighted by molar-refractivity contribution is 0.602. The second-order valence-corrected chi connectivity index (χ2v) is 5.16. The molecule has 4 heteroatoms. The normalized spacial score (nSPS) is 18.8. The maximum absolute atomic E-state index is 14.0. The Morgan fingerprint density at radius 2 is 2.05 bits per heavy atom. The summed E-state index contributed by atoms with van der Waals surface area (Å²) >= 11 is 5.76. The van der Waals surface area contributed by atoms with Crippen LogP contribution in [0.2, 0.25) is 5.02 Å². The number of nitrogens with zero attached hydrogens (tertiary/aromatic N) is 2. The van der Waals surface area contributed by atoms with Crippen LogP contribution in [0, 0.1) is 5.82 Å². The highest BCUT2D eigenvalue weighted by molar-refractivity contribution is 6.30. The van der Waals surface area contributed by atoms with Gasteiger partial charge in [0.2, 0.25) is 0 Å². The molecule has 1 unspecified atom stereocenters. The third-order valence-corrected chi connectivity index (χ3v) is 3.70. The Labute approximate surface area is 116 Å². The first kappa shape index (κ1) is 12.4. The first-order valence-corrected chi connectivity index (χ1v) is 6.76. The molecule has 98 valence electrons. The molecule has 1 aliphatic heterocycles. The molecule has 0 bridgehead atoms. The molecule has 1 aromatic heterocycles. The van der Waals surface area contributed by atoms with Crippen LogP contribution in [-0.2, 0) is 0 Å². The Morgan fingerprint density at radius 1 is 1.26 bits per heavy atom. The van der Waals surface area contributed by atoms with Gasteiger partial charge in [0.25, 0.3) is 0 Å². The van der Waals surface area contributed by atoms with Gasteiger partial charge in [0.15, 0.2) is 11.6 Å². The van der Waals surface area contributed by atoms with Crippen molar-refractivity contribution in [3.63, 3.8) is 0 Å². The first-order valence-electron chi connectivity index (χ1n) is 6.38. The molecule has 0 radical (unpaired) electrons. The van der Waals surface area contributed by atoms with Gasteiger partial charge in [0.05, 0.1) is 11.1 Å². The second-order valence-electron chi connectivity index (χ2n) is 4.72.